The third kappa shape index (κ3) is 4.34. The molecule has 0 saturated heterocycles. The number of hydrogen-bond acceptors (Lipinski definition) is 4. The normalized spacial score (nSPS) is 12.5. The molecule has 3 N–H and O–H groups in total. The van der Waals surface area contributed by atoms with E-state index in [1.807, 2.05) is 13.8 Å². The van der Waals surface area contributed by atoms with Crippen LogP contribution in [-0.2, 0) is 6.54 Å². The molecule has 0 aliphatic rings. The van der Waals surface area contributed by atoms with Gasteiger partial charge in [0.05, 0.1) is 11.9 Å². The Balaban J connectivity index is 3.13. The Morgan fingerprint density at radius 2 is 1.95 bits per heavy atom. The highest BCUT2D eigenvalue weighted by Crippen LogP contribution is 2.25. The molecule has 0 amide bonds. The lowest BCUT2D eigenvalue weighted by Gasteiger charge is -2.32. The van der Waals surface area contributed by atoms with Crippen molar-refractivity contribution in [3.63, 3.8) is 0 Å². The second-order valence-corrected chi connectivity index (χ2v) is 5.14. The highest BCUT2D eigenvalue weighted by atomic mass is 35.5. The molecule has 1 rings (SSSR count). The molecule has 1 heterocycles. The van der Waals surface area contributed by atoms with E-state index in [1.165, 1.54) is 0 Å². The molecule has 1 aromatic rings. The van der Waals surface area contributed by atoms with Crippen LogP contribution >= 0.6 is 11.6 Å². The molecule has 120 valence electrons. The van der Waals surface area contributed by atoms with Gasteiger partial charge in [-0.3, -0.25) is 4.79 Å². The van der Waals surface area contributed by atoms with E-state index in [2.05, 4.69) is 10.4 Å². The minimum absolute atomic E-state index is 0.189. The molecule has 0 saturated carbocycles. The molecule has 1 aromatic heterocycles. The van der Waals surface area contributed by atoms with Crippen LogP contribution in [0.5, 0.6) is 0 Å². The number of anilines is 1. The first-order chi connectivity index (χ1) is 9.68. The van der Waals surface area contributed by atoms with Crippen LogP contribution in [0.25, 0.3) is 0 Å². The highest BCUT2D eigenvalue weighted by Gasteiger charge is 2.30. The van der Waals surface area contributed by atoms with Crippen molar-refractivity contribution >= 4 is 17.3 Å². The number of alkyl halides is 3. The highest BCUT2D eigenvalue weighted by molar-refractivity contribution is 6.32. The Labute approximate surface area is 125 Å². The van der Waals surface area contributed by atoms with E-state index in [0.717, 1.165) is 6.20 Å². The molecule has 21 heavy (non-hydrogen) atoms. The van der Waals surface area contributed by atoms with Crippen LogP contribution in [0.3, 0.4) is 0 Å². The van der Waals surface area contributed by atoms with Gasteiger partial charge >= 0.3 is 6.18 Å². The van der Waals surface area contributed by atoms with E-state index >= 15 is 0 Å². The van der Waals surface area contributed by atoms with Gasteiger partial charge < -0.3 is 11.1 Å². The summed E-state index contributed by atoms with van der Waals surface area (Å²) in [7, 11) is 0. The summed E-state index contributed by atoms with van der Waals surface area (Å²) in [6.07, 6.45) is -2.09. The molecule has 0 atom stereocenters. The Morgan fingerprint density at radius 3 is 2.38 bits per heavy atom. The van der Waals surface area contributed by atoms with E-state index < -0.39 is 23.8 Å². The zero-order valence-electron chi connectivity index (χ0n) is 11.8. The lowest BCUT2D eigenvalue weighted by atomic mass is 9.93. The number of nitrogens with two attached hydrogens (primary N) is 1. The Hall–Kier alpha value is -1.28. The van der Waals surface area contributed by atoms with Crippen LogP contribution in [0.2, 0.25) is 5.02 Å². The van der Waals surface area contributed by atoms with Crippen molar-refractivity contribution in [1.82, 2.24) is 9.78 Å². The molecule has 0 fully saturated rings. The summed E-state index contributed by atoms with van der Waals surface area (Å²) in [5.74, 6) is 0. The van der Waals surface area contributed by atoms with Crippen LogP contribution in [0, 0.1) is 0 Å². The minimum atomic E-state index is -4.54. The molecular formula is C12H18ClF3N4O. The summed E-state index contributed by atoms with van der Waals surface area (Å²) < 4.78 is 37.2. The third-order valence-corrected chi connectivity index (χ3v) is 3.82. The average molecular weight is 327 g/mol. The Morgan fingerprint density at radius 1 is 1.38 bits per heavy atom. The maximum absolute atomic E-state index is 12.3. The molecule has 9 heteroatoms. The van der Waals surface area contributed by atoms with Gasteiger partial charge in [-0.25, -0.2) is 4.68 Å². The number of hydrogen-bond donors (Lipinski definition) is 2. The largest absolute Gasteiger partial charge is 0.408 e. The number of nitrogens with zero attached hydrogens (tertiary/aromatic N) is 2. The lowest BCUT2D eigenvalue weighted by molar-refractivity contribution is -0.143. The SMILES string of the molecule is CCC(CC)(CN)Nc1cnn(CC(F)(F)F)c(=O)c1Cl. The standard InChI is InChI=1S/C12H18ClF3N4O/c1-3-11(4-2,6-17)19-8-5-18-20(7-12(14,15)16)10(21)9(8)13/h5,19H,3-4,6-7,17H2,1-2H3. The van der Waals surface area contributed by atoms with Gasteiger partial charge in [-0.1, -0.05) is 25.4 Å². The monoisotopic (exact) mass is 326 g/mol. The predicted octanol–water partition coefficient (Wildman–Crippen LogP) is 2.39. The molecule has 0 aliphatic carbocycles. The zero-order chi connectivity index (χ0) is 16.3. The molecule has 0 bridgehead atoms. The van der Waals surface area contributed by atoms with Crippen molar-refractivity contribution in [1.29, 1.82) is 0 Å². The number of aromatic nitrogens is 2. The summed E-state index contributed by atoms with van der Waals surface area (Å²) in [6.45, 7) is 2.64. The maximum atomic E-state index is 12.3. The van der Waals surface area contributed by atoms with E-state index in [4.69, 9.17) is 17.3 Å². The lowest BCUT2D eigenvalue weighted by Crippen LogP contribution is -2.45. The van der Waals surface area contributed by atoms with Crippen molar-refractivity contribution in [2.75, 3.05) is 11.9 Å². The minimum Gasteiger partial charge on any atom is -0.376 e. The molecular weight excluding hydrogens is 309 g/mol. The van der Waals surface area contributed by atoms with Crippen molar-refractivity contribution in [3.8, 4) is 0 Å². The van der Waals surface area contributed by atoms with Gasteiger partial charge in [0.1, 0.15) is 11.6 Å². The van der Waals surface area contributed by atoms with Crippen LogP contribution in [0.4, 0.5) is 18.9 Å². The van der Waals surface area contributed by atoms with Crippen LogP contribution in [-0.4, -0.2) is 28.0 Å². The van der Waals surface area contributed by atoms with Crippen molar-refractivity contribution in [3.05, 3.63) is 21.6 Å². The fraction of sp³-hybridized carbons (Fsp3) is 0.667. The fourth-order valence-electron chi connectivity index (χ4n) is 1.89. The van der Waals surface area contributed by atoms with E-state index in [9.17, 15) is 18.0 Å². The number of rotatable bonds is 6. The maximum Gasteiger partial charge on any atom is 0.408 e. The summed E-state index contributed by atoms with van der Waals surface area (Å²) in [5.41, 5.74) is 4.44. The van der Waals surface area contributed by atoms with Gasteiger partial charge in [0.2, 0.25) is 0 Å². The first kappa shape index (κ1) is 17.8. The Kier molecular flexibility index (Phi) is 5.63. The summed E-state index contributed by atoms with van der Waals surface area (Å²) >= 11 is 5.86. The molecule has 0 spiro atoms. The van der Waals surface area contributed by atoms with Gasteiger partial charge in [0, 0.05) is 12.1 Å². The van der Waals surface area contributed by atoms with E-state index in [1.54, 1.807) is 0 Å². The molecule has 0 radical (unpaired) electrons. The van der Waals surface area contributed by atoms with Crippen LogP contribution in [0.15, 0.2) is 11.0 Å². The second kappa shape index (κ2) is 6.65. The van der Waals surface area contributed by atoms with Crippen LogP contribution in [0.1, 0.15) is 26.7 Å². The first-order valence-electron chi connectivity index (χ1n) is 6.48. The topological polar surface area (TPSA) is 72.9 Å². The summed E-state index contributed by atoms with van der Waals surface area (Å²) in [6, 6.07) is 0. The van der Waals surface area contributed by atoms with Gasteiger partial charge in [-0.2, -0.15) is 18.3 Å². The quantitative estimate of drug-likeness (QED) is 0.842. The smallest absolute Gasteiger partial charge is 0.376 e. The first-order valence-corrected chi connectivity index (χ1v) is 6.86. The molecule has 5 nitrogen and oxygen atoms in total. The average Bonchev–Trinajstić information content (AvgIpc) is 2.43. The molecule has 0 unspecified atom stereocenters. The van der Waals surface area contributed by atoms with Crippen molar-refractivity contribution in [2.45, 2.75) is 44.9 Å². The summed E-state index contributed by atoms with van der Waals surface area (Å²) in [5, 5.41) is 6.21. The van der Waals surface area contributed by atoms with Crippen molar-refractivity contribution in [2.24, 2.45) is 5.73 Å². The zero-order valence-corrected chi connectivity index (χ0v) is 12.6. The summed E-state index contributed by atoms with van der Waals surface area (Å²) in [4.78, 5) is 11.8. The van der Waals surface area contributed by atoms with Gasteiger partial charge in [-0.05, 0) is 12.8 Å². The van der Waals surface area contributed by atoms with E-state index in [-0.39, 0.29) is 15.4 Å². The third-order valence-electron chi connectivity index (χ3n) is 3.46. The fourth-order valence-corrected chi connectivity index (χ4v) is 2.08. The van der Waals surface area contributed by atoms with Gasteiger partial charge in [-0.15, -0.1) is 0 Å². The van der Waals surface area contributed by atoms with E-state index in [0.29, 0.717) is 19.4 Å². The predicted molar refractivity (Wildman–Crippen MR) is 75.6 cm³/mol. The Bertz CT molecular complexity index is 532. The molecule has 0 aliphatic heterocycles. The van der Waals surface area contributed by atoms with Crippen molar-refractivity contribution < 1.29 is 13.2 Å². The van der Waals surface area contributed by atoms with Crippen LogP contribution < -0.4 is 16.6 Å². The molecule has 0 aromatic carbocycles. The number of nitrogens with one attached hydrogen (secondary N) is 1. The van der Waals surface area contributed by atoms with Gasteiger partial charge in [0.25, 0.3) is 5.56 Å². The second-order valence-electron chi connectivity index (χ2n) is 4.77. The van der Waals surface area contributed by atoms with Gasteiger partial charge in [0.15, 0.2) is 0 Å². The number of halogens is 4.